The van der Waals surface area contributed by atoms with Gasteiger partial charge in [-0.2, -0.15) is 0 Å². The number of amides is 1. The second-order valence-corrected chi connectivity index (χ2v) is 9.05. The van der Waals surface area contributed by atoms with Crippen LogP contribution in [0.1, 0.15) is 76.3 Å². The first-order valence-corrected chi connectivity index (χ1v) is 11.9. The first-order chi connectivity index (χ1) is 15.1. The largest absolute Gasteiger partial charge is 0.508 e. The maximum absolute atomic E-state index is 13.4. The summed E-state index contributed by atoms with van der Waals surface area (Å²) in [5.41, 5.74) is 4.13. The van der Waals surface area contributed by atoms with Crippen LogP contribution in [0.2, 0.25) is 0 Å². The highest BCUT2D eigenvalue weighted by molar-refractivity contribution is 6.08. The number of phenolic OH excluding ortho intramolecular Hbond substituents is 1. The minimum absolute atomic E-state index is 0.213. The Morgan fingerprint density at radius 3 is 2.55 bits per heavy atom. The smallest absolute Gasteiger partial charge is 0.256 e. The third-order valence-electron chi connectivity index (χ3n) is 6.67. The highest BCUT2D eigenvalue weighted by atomic mass is 16.3. The Morgan fingerprint density at radius 1 is 1.03 bits per heavy atom. The standard InChI is InChI=1S/C27H34N2O2/c1-3-5-12-25-28-27(15-6-7-16-27)26(31)29(25)19-20-13-14-24(21(17-20)9-4-2)22-10-8-11-23(30)18-22/h8,10-11,13-14,17-18,30H,3-7,9,12,15-16,19H2,1-2H3. The molecule has 0 saturated heterocycles. The Morgan fingerprint density at radius 2 is 1.84 bits per heavy atom. The van der Waals surface area contributed by atoms with E-state index in [4.69, 9.17) is 4.99 Å². The molecule has 4 nitrogen and oxygen atoms in total. The molecule has 4 heteroatoms. The van der Waals surface area contributed by atoms with Crippen LogP contribution in [0.4, 0.5) is 0 Å². The summed E-state index contributed by atoms with van der Waals surface area (Å²) in [6.07, 6.45) is 9.06. The maximum atomic E-state index is 13.4. The van der Waals surface area contributed by atoms with Gasteiger partial charge in [0.15, 0.2) is 0 Å². The van der Waals surface area contributed by atoms with Gasteiger partial charge in [-0.15, -0.1) is 0 Å². The number of aliphatic imine (C=N–C) groups is 1. The molecule has 1 heterocycles. The van der Waals surface area contributed by atoms with E-state index in [1.807, 2.05) is 23.1 Å². The average molecular weight is 419 g/mol. The van der Waals surface area contributed by atoms with Gasteiger partial charge in [-0.25, -0.2) is 0 Å². The number of aromatic hydroxyl groups is 1. The minimum Gasteiger partial charge on any atom is -0.508 e. The average Bonchev–Trinajstić information content (AvgIpc) is 3.34. The summed E-state index contributed by atoms with van der Waals surface area (Å²) in [6.45, 7) is 4.96. The topological polar surface area (TPSA) is 52.9 Å². The molecule has 1 aliphatic heterocycles. The zero-order valence-corrected chi connectivity index (χ0v) is 18.9. The summed E-state index contributed by atoms with van der Waals surface area (Å²) in [7, 11) is 0. The fraction of sp³-hybridized carbons (Fsp3) is 0.481. The lowest BCUT2D eigenvalue weighted by Crippen LogP contribution is -2.40. The van der Waals surface area contributed by atoms with E-state index in [0.717, 1.165) is 80.3 Å². The summed E-state index contributed by atoms with van der Waals surface area (Å²) in [6, 6.07) is 14.0. The van der Waals surface area contributed by atoms with E-state index in [2.05, 4.69) is 32.0 Å². The number of phenols is 1. The molecular weight excluding hydrogens is 384 g/mol. The van der Waals surface area contributed by atoms with Gasteiger partial charge in [-0.05, 0) is 60.1 Å². The van der Waals surface area contributed by atoms with E-state index in [9.17, 15) is 9.90 Å². The number of nitrogens with zero attached hydrogens (tertiary/aromatic N) is 2. The number of aryl methyl sites for hydroxylation is 1. The SMILES string of the molecule is CCCCC1=NC2(CCCC2)C(=O)N1Cc1ccc(-c2cccc(O)c2)c(CCC)c1. The zero-order chi connectivity index (χ0) is 21.8. The maximum Gasteiger partial charge on any atom is 0.256 e. The van der Waals surface area contributed by atoms with Gasteiger partial charge in [0.2, 0.25) is 0 Å². The molecule has 0 aromatic heterocycles. The summed E-state index contributed by atoms with van der Waals surface area (Å²) < 4.78 is 0. The van der Waals surface area contributed by atoms with Crippen molar-refractivity contribution in [2.45, 2.75) is 83.7 Å². The van der Waals surface area contributed by atoms with Crippen LogP contribution < -0.4 is 0 Å². The number of hydrogen-bond acceptors (Lipinski definition) is 3. The molecule has 2 aliphatic rings. The van der Waals surface area contributed by atoms with E-state index in [-0.39, 0.29) is 11.7 Å². The summed E-state index contributed by atoms with van der Waals surface area (Å²) in [4.78, 5) is 20.4. The molecular formula is C27H34N2O2. The van der Waals surface area contributed by atoms with Crippen molar-refractivity contribution in [2.75, 3.05) is 0 Å². The van der Waals surface area contributed by atoms with Crippen molar-refractivity contribution in [1.82, 2.24) is 4.90 Å². The van der Waals surface area contributed by atoms with Crippen LogP contribution in [-0.4, -0.2) is 27.3 Å². The van der Waals surface area contributed by atoms with Gasteiger partial charge >= 0.3 is 0 Å². The lowest BCUT2D eigenvalue weighted by atomic mass is 9.94. The van der Waals surface area contributed by atoms with Crippen molar-refractivity contribution in [3.8, 4) is 16.9 Å². The van der Waals surface area contributed by atoms with Crippen LogP contribution in [0.5, 0.6) is 5.75 Å². The Hall–Kier alpha value is -2.62. The molecule has 2 aromatic rings. The molecule has 2 aromatic carbocycles. The molecule has 164 valence electrons. The molecule has 0 atom stereocenters. The van der Waals surface area contributed by atoms with Crippen molar-refractivity contribution in [3.05, 3.63) is 53.6 Å². The van der Waals surface area contributed by atoms with Gasteiger partial charge in [0.05, 0.1) is 6.54 Å². The predicted octanol–water partition coefficient (Wildman–Crippen LogP) is 6.26. The Labute approximate surface area is 186 Å². The second kappa shape index (κ2) is 9.25. The molecule has 1 spiro atoms. The molecule has 31 heavy (non-hydrogen) atoms. The van der Waals surface area contributed by atoms with Crippen LogP contribution in [0.3, 0.4) is 0 Å². The van der Waals surface area contributed by atoms with Crippen LogP contribution in [-0.2, 0) is 17.8 Å². The fourth-order valence-electron chi connectivity index (χ4n) is 5.06. The monoisotopic (exact) mass is 418 g/mol. The number of hydrogen-bond donors (Lipinski definition) is 1. The predicted molar refractivity (Wildman–Crippen MR) is 126 cm³/mol. The lowest BCUT2D eigenvalue weighted by molar-refractivity contribution is -0.131. The number of carbonyl (C=O) groups excluding carboxylic acids is 1. The van der Waals surface area contributed by atoms with Crippen molar-refractivity contribution in [2.24, 2.45) is 4.99 Å². The number of rotatable bonds is 8. The van der Waals surface area contributed by atoms with E-state index >= 15 is 0 Å². The van der Waals surface area contributed by atoms with Crippen molar-refractivity contribution < 1.29 is 9.90 Å². The van der Waals surface area contributed by atoms with Gasteiger partial charge < -0.3 is 5.11 Å². The van der Waals surface area contributed by atoms with Gasteiger partial charge in [0.25, 0.3) is 5.91 Å². The van der Waals surface area contributed by atoms with Crippen LogP contribution in [0.25, 0.3) is 11.1 Å². The molecule has 0 bridgehead atoms. The Kier molecular flexibility index (Phi) is 6.45. The number of unbranched alkanes of at least 4 members (excludes halogenated alkanes) is 1. The van der Waals surface area contributed by atoms with Gasteiger partial charge in [0.1, 0.15) is 17.1 Å². The number of benzene rings is 2. The molecule has 1 aliphatic carbocycles. The molecule has 0 radical (unpaired) electrons. The quantitative estimate of drug-likeness (QED) is 0.550. The van der Waals surface area contributed by atoms with Gasteiger partial charge in [-0.3, -0.25) is 14.7 Å². The van der Waals surface area contributed by atoms with Crippen molar-refractivity contribution >= 4 is 11.7 Å². The van der Waals surface area contributed by atoms with E-state index in [1.165, 1.54) is 5.56 Å². The summed E-state index contributed by atoms with van der Waals surface area (Å²) in [5.74, 6) is 1.48. The third-order valence-corrected chi connectivity index (χ3v) is 6.67. The highest BCUT2D eigenvalue weighted by Gasteiger charge is 2.49. The van der Waals surface area contributed by atoms with E-state index in [1.54, 1.807) is 6.07 Å². The first kappa shape index (κ1) is 21.6. The molecule has 1 saturated carbocycles. The van der Waals surface area contributed by atoms with Crippen LogP contribution in [0, 0.1) is 0 Å². The summed E-state index contributed by atoms with van der Waals surface area (Å²) >= 11 is 0. The summed E-state index contributed by atoms with van der Waals surface area (Å²) in [5, 5.41) is 9.91. The van der Waals surface area contributed by atoms with Gasteiger partial charge in [0, 0.05) is 6.42 Å². The molecule has 1 fully saturated rings. The third kappa shape index (κ3) is 4.39. The van der Waals surface area contributed by atoms with Crippen LogP contribution in [0.15, 0.2) is 47.5 Å². The second-order valence-electron chi connectivity index (χ2n) is 9.05. The molecule has 4 rings (SSSR count). The Balaban J connectivity index is 1.62. The lowest BCUT2D eigenvalue weighted by Gasteiger charge is -2.23. The van der Waals surface area contributed by atoms with Gasteiger partial charge in [-0.1, -0.05) is 69.9 Å². The highest BCUT2D eigenvalue weighted by Crippen LogP contribution is 2.40. The molecule has 0 unspecified atom stereocenters. The number of amidine groups is 1. The minimum atomic E-state index is -0.475. The van der Waals surface area contributed by atoms with Crippen LogP contribution >= 0.6 is 0 Å². The van der Waals surface area contributed by atoms with Crippen molar-refractivity contribution in [3.63, 3.8) is 0 Å². The normalized spacial score (nSPS) is 17.5. The van der Waals surface area contributed by atoms with E-state index < -0.39 is 5.54 Å². The fourth-order valence-corrected chi connectivity index (χ4v) is 5.06. The molecule has 1 amide bonds. The Bertz CT molecular complexity index is 973. The van der Waals surface area contributed by atoms with E-state index in [0.29, 0.717) is 6.54 Å². The zero-order valence-electron chi connectivity index (χ0n) is 18.9. The molecule has 1 N–H and O–H groups in total. The number of carbonyl (C=O) groups is 1. The van der Waals surface area contributed by atoms with Crippen molar-refractivity contribution in [1.29, 1.82) is 0 Å². The first-order valence-electron chi connectivity index (χ1n) is 11.9.